The summed E-state index contributed by atoms with van der Waals surface area (Å²) in [6.45, 7) is 8.09. The number of hydrogen-bond donors (Lipinski definition) is 1. The Morgan fingerprint density at radius 1 is 1.47 bits per heavy atom. The third-order valence-corrected chi connectivity index (χ3v) is 3.98. The molecule has 2 fully saturated rings. The minimum Gasteiger partial charge on any atom is -0.444 e. The van der Waals surface area contributed by atoms with Gasteiger partial charge in [0.25, 0.3) is 0 Å². The highest BCUT2D eigenvalue weighted by atomic mass is 19.1. The van der Waals surface area contributed by atoms with E-state index < -0.39 is 17.2 Å². The van der Waals surface area contributed by atoms with E-state index in [-0.39, 0.29) is 6.09 Å². The van der Waals surface area contributed by atoms with Crippen LogP contribution < -0.4 is 5.32 Å². The normalized spacial score (nSPS) is 32.4. The molecule has 0 aliphatic carbocycles. The van der Waals surface area contributed by atoms with E-state index in [9.17, 15) is 9.18 Å². The molecule has 19 heavy (non-hydrogen) atoms. The number of amides is 1. The van der Waals surface area contributed by atoms with Gasteiger partial charge in [-0.3, -0.25) is 0 Å². The van der Waals surface area contributed by atoms with E-state index in [4.69, 9.17) is 4.74 Å². The largest absolute Gasteiger partial charge is 0.444 e. The Morgan fingerprint density at radius 3 is 2.84 bits per heavy atom. The lowest BCUT2D eigenvalue weighted by Gasteiger charge is -2.47. The summed E-state index contributed by atoms with van der Waals surface area (Å²) in [4.78, 5) is 13.8. The van der Waals surface area contributed by atoms with Crippen molar-refractivity contribution < 1.29 is 13.9 Å². The Labute approximate surface area is 114 Å². The Morgan fingerprint density at radius 2 is 2.21 bits per heavy atom. The summed E-state index contributed by atoms with van der Waals surface area (Å²) in [5.74, 6) is 0. The number of halogens is 1. The van der Waals surface area contributed by atoms with Crippen LogP contribution in [0.25, 0.3) is 0 Å². The van der Waals surface area contributed by atoms with Crippen LogP contribution in [-0.4, -0.2) is 48.9 Å². The zero-order valence-electron chi connectivity index (χ0n) is 12.2. The number of ether oxygens (including phenoxy) is 1. The number of carbonyl (C=O) groups is 1. The van der Waals surface area contributed by atoms with Gasteiger partial charge in [-0.2, -0.15) is 0 Å². The van der Waals surface area contributed by atoms with Crippen LogP contribution >= 0.6 is 0 Å². The first-order valence-corrected chi connectivity index (χ1v) is 7.15. The van der Waals surface area contributed by atoms with Crippen molar-refractivity contribution in [3.8, 4) is 0 Å². The predicted molar refractivity (Wildman–Crippen MR) is 71.9 cm³/mol. The van der Waals surface area contributed by atoms with Crippen LogP contribution in [0.5, 0.6) is 0 Å². The summed E-state index contributed by atoms with van der Waals surface area (Å²) < 4.78 is 19.7. The summed E-state index contributed by atoms with van der Waals surface area (Å²) in [5, 5.41) is 3.26. The number of alkyl halides is 1. The molecule has 2 saturated heterocycles. The van der Waals surface area contributed by atoms with E-state index in [2.05, 4.69) is 5.32 Å². The van der Waals surface area contributed by atoms with Gasteiger partial charge in [-0.1, -0.05) is 0 Å². The van der Waals surface area contributed by atoms with Crippen LogP contribution in [0.1, 0.15) is 40.0 Å². The first kappa shape index (κ1) is 14.6. The molecule has 1 amide bonds. The molecule has 0 radical (unpaired) electrons. The maximum Gasteiger partial charge on any atom is 0.410 e. The van der Waals surface area contributed by atoms with E-state index >= 15 is 0 Å². The van der Waals surface area contributed by atoms with Crippen LogP contribution in [0.4, 0.5) is 9.18 Å². The third kappa shape index (κ3) is 3.38. The molecular weight excluding hydrogens is 247 g/mol. The van der Waals surface area contributed by atoms with E-state index in [0.717, 1.165) is 19.4 Å². The van der Waals surface area contributed by atoms with Gasteiger partial charge in [0, 0.05) is 25.0 Å². The molecule has 2 aliphatic heterocycles. The second kappa shape index (κ2) is 5.27. The Hall–Kier alpha value is -0.840. The van der Waals surface area contributed by atoms with Crippen LogP contribution in [0, 0.1) is 5.41 Å². The number of piperidine rings is 2. The van der Waals surface area contributed by atoms with Gasteiger partial charge in [-0.15, -0.1) is 0 Å². The maximum absolute atomic E-state index is 14.3. The number of hydrogen-bond acceptors (Lipinski definition) is 3. The number of likely N-dealkylation sites (tertiary alicyclic amines) is 1. The second-order valence-corrected chi connectivity index (χ2v) is 6.80. The lowest BCUT2D eigenvalue weighted by Crippen LogP contribution is -2.58. The molecule has 0 aromatic carbocycles. The summed E-state index contributed by atoms with van der Waals surface area (Å²) in [6.07, 6.45) is 1.10. The highest BCUT2D eigenvalue weighted by Crippen LogP contribution is 2.38. The van der Waals surface area contributed by atoms with Crippen molar-refractivity contribution >= 4 is 6.09 Å². The number of carbonyl (C=O) groups excluding carboxylic acids is 1. The first-order valence-electron chi connectivity index (χ1n) is 7.15. The number of nitrogens with zero attached hydrogens (tertiary/aromatic N) is 1. The SMILES string of the molecule is CC(C)(C)OC(=O)N1CCCC2(CNCCC2F)C1. The van der Waals surface area contributed by atoms with Crippen LogP contribution in [0.2, 0.25) is 0 Å². The van der Waals surface area contributed by atoms with Crippen molar-refractivity contribution in [2.75, 3.05) is 26.2 Å². The topological polar surface area (TPSA) is 41.6 Å². The fraction of sp³-hybridized carbons (Fsp3) is 0.929. The van der Waals surface area contributed by atoms with Crippen LogP contribution in [-0.2, 0) is 4.74 Å². The predicted octanol–water partition coefficient (Wildman–Crippen LogP) is 2.34. The standard InChI is InChI=1S/C14H25FN2O2/c1-13(2,3)19-12(18)17-8-4-6-14(10-17)9-16-7-5-11(14)15/h11,16H,4-10H2,1-3H3. The molecule has 1 spiro atoms. The molecule has 0 bridgehead atoms. The zero-order valence-corrected chi connectivity index (χ0v) is 12.2. The monoisotopic (exact) mass is 272 g/mol. The molecule has 0 saturated carbocycles. The van der Waals surface area contributed by atoms with Crippen molar-refractivity contribution in [2.24, 2.45) is 5.41 Å². The van der Waals surface area contributed by atoms with Gasteiger partial charge in [-0.25, -0.2) is 9.18 Å². The van der Waals surface area contributed by atoms with Crippen molar-refractivity contribution in [3.63, 3.8) is 0 Å². The fourth-order valence-electron chi connectivity index (χ4n) is 3.03. The van der Waals surface area contributed by atoms with Gasteiger partial charge >= 0.3 is 6.09 Å². The van der Waals surface area contributed by atoms with Crippen molar-refractivity contribution in [3.05, 3.63) is 0 Å². The average Bonchev–Trinajstić information content (AvgIpc) is 2.31. The van der Waals surface area contributed by atoms with Gasteiger partial charge in [0.2, 0.25) is 0 Å². The average molecular weight is 272 g/mol. The fourth-order valence-corrected chi connectivity index (χ4v) is 3.03. The number of nitrogens with one attached hydrogen (secondary N) is 1. The second-order valence-electron chi connectivity index (χ2n) is 6.80. The van der Waals surface area contributed by atoms with Gasteiger partial charge in [-0.05, 0) is 46.6 Å². The summed E-state index contributed by atoms with van der Waals surface area (Å²) in [6, 6.07) is 0. The molecule has 1 N–H and O–H groups in total. The Kier molecular flexibility index (Phi) is 4.04. The highest BCUT2D eigenvalue weighted by molar-refractivity contribution is 5.68. The van der Waals surface area contributed by atoms with E-state index in [1.807, 2.05) is 20.8 Å². The van der Waals surface area contributed by atoms with Crippen molar-refractivity contribution in [1.29, 1.82) is 0 Å². The maximum atomic E-state index is 14.3. The highest BCUT2D eigenvalue weighted by Gasteiger charge is 2.45. The van der Waals surface area contributed by atoms with E-state index in [1.165, 1.54) is 0 Å². The molecule has 0 aromatic rings. The molecule has 5 heteroatoms. The molecule has 2 unspecified atom stereocenters. The molecule has 2 rings (SSSR count). The van der Waals surface area contributed by atoms with E-state index in [1.54, 1.807) is 4.90 Å². The zero-order chi connectivity index (χ0) is 14.1. The Bertz CT molecular complexity index is 339. The lowest BCUT2D eigenvalue weighted by molar-refractivity contribution is -0.0254. The van der Waals surface area contributed by atoms with Crippen molar-refractivity contribution in [1.82, 2.24) is 10.2 Å². The summed E-state index contributed by atoms with van der Waals surface area (Å²) in [7, 11) is 0. The lowest BCUT2D eigenvalue weighted by atomic mass is 9.73. The molecule has 2 aliphatic rings. The minimum absolute atomic E-state index is 0.315. The van der Waals surface area contributed by atoms with Gasteiger partial charge in [0.1, 0.15) is 11.8 Å². The molecule has 0 aromatic heterocycles. The molecule has 2 heterocycles. The van der Waals surface area contributed by atoms with Crippen LogP contribution in [0.15, 0.2) is 0 Å². The Balaban J connectivity index is 2.02. The summed E-state index contributed by atoms with van der Waals surface area (Å²) in [5.41, 5.74) is -0.908. The molecule has 110 valence electrons. The third-order valence-electron chi connectivity index (χ3n) is 3.98. The van der Waals surface area contributed by atoms with Crippen molar-refractivity contribution in [2.45, 2.75) is 51.8 Å². The quantitative estimate of drug-likeness (QED) is 0.736. The molecule has 2 atom stereocenters. The van der Waals surface area contributed by atoms with E-state index in [0.29, 0.717) is 26.1 Å². The minimum atomic E-state index is -0.820. The number of rotatable bonds is 0. The smallest absolute Gasteiger partial charge is 0.410 e. The first-order chi connectivity index (χ1) is 8.82. The summed E-state index contributed by atoms with van der Waals surface area (Å²) >= 11 is 0. The van der Waals surface area contributed by atoms with Crippen LogP contribution in [0.3, 0.4) is 0 Å². The molecule has 4 nitrogen and oxygen atoms in total. The van der Waals surface area contributed by atoms with Gasteiger partial charge in [0.05, 0.1) is 0 Å². The molecular formula is C14H25FN2O2. The van der Waals surface area contributed by atoms with Gasteiger partial charge in [0.15, 0.2) is 0 Å². The van der Waals surface area contributed by atoms with Gasteiger partial charge < -0.3 is 15.0 Å².